The van der Waals surface area contributed by atoms with Crippen LogP contribution in [0.15, 0.2) is 65.1 Å². The monoisotopic (exact) mass is 409 g/mol. The Kier molecular flexibility index (Phi) is 6.67. The molecule has 158 valence electrons. The van der Waals surface area contributed by atoms with Crippen molar-refractivity contribution in [3.63, 3.8) is 0 Å². The lowest BCUT2D eigenvalue weighted by molar-refractivity contribution is -1.01. The van der Waals surface area contributed by atoms with E-state index in [4.69, 9.17) is 9.15 Å². The molecule has 3 aromatic rings. The number of benzene rings is 2. The number of carbonyl (C=O) groups excluding carboxylic acids is 1. The zero-order chi connectivity index (χ0) is 20.8. The summed E-state index contributed by atoms with van der Waals surface area (Å²) in [6.07, 6.45) is 0. The molecule has 3 N–H and O–H groups in total. The average Bonchev–Trinajstić information content (AvgIpc) is 3.20. The summed E-state index contributed by atoms with van der Waals surface area (Å²) in [5, 5.41) is 4.15. The van der Waals surface area contributed by atoms with Gasteiger partial charge in [0.1, 0.15) is 56.4 Å². The third-order valence-electron chi connectivity index (χ3n) is 5.79. The van der Waals surface area contributed by atoms with Crippen LogP contribution >= 0.6 is 0 Å². The van der Waals surface area contributed by atoms with Crippen molar-refractivity contribution in [2.75, 3.05) is 45.9 Å². The Labute approximate surface area is 177 Å². The van der Waals surface area contributed by atoms with E-state index in [0.29, 0.717) is 6.54 Å². The van der Waals surface area contributed by atoms with E-state index in [2.05, 4.69) is 5.32 Å². The van der Waals surface area contributed by atoms with Gasteiger partial charge in [-0.05, 0) is 31.2 Å². The van der Waals surface area contributed by atoms with Gasteiger partial charge in [0.15, 0.2) is 6.54 Å². The SMILES string of the molecule is C[C@H](NC(=O)C[NH+]1CC[NH+](CCOc2ccccc2)CC1)c1cc2ccccc2o1. The number of nitrogens with one attached hydrogen (secondary N) is 3. The first-order chi connectivity index (χ1) is 14.7. The van der Waals surface area contributed by atoms with Crippen LogP contribution in [0.1, 0.15) is 18.7 Å². The summed E-state index contributed by atoms with van der Waals surface area (Å²) < 4.78 is 11.7. The minimum atomic E-state index is -0.133. The van der Waals surface area contributed by atoms with E-state index in [1.807, 2.05) is 67.6 Å². The van der Waals surface area contributed by atoms with Gasteiger partial charge in [-0.25, -0.2) is 0 Å². The van der Waals surface area contributed by atoms with E-state index in [1.165, 1.54) is 4.90 Å². The Balaban J connectivity index is 1.17. The topological polar surface area (TPSA) is 60.3 Å². The van der Waals surface area contributed by atoms with E-state index in [-0.39, 0.29) is 11.9 Å². The number of quaternary nitrogens is 2. The predicted octanol–water partition coefficient (Wildman–Crippen LogP) is 0.472. The fourth-order valence-electron chi connectivity index (χ4n) is 4.02. The lowest BCUT2D eigenvalue weighted by Crippen LogP contribution is -3.28. The number of para-hydroxylation sites is 2. The zero-order valence-corrected chi connectivity index (χ0v) is 17.5. The molecule has 6 heteroatoms. The van der Waals surface area contributed by atoms with Gasteiger partial charge in [-0.15, -0.1) is 0 Å². The highest BCUT2D eigenvalue weighted by Crippen LogP contribution is 2.23. The Hall–Kier alpha value is -2.83. The van der Waals surface area contributed by atoms with Crippen molar-refractivity contribution >= 4 is 16.9 Å². The molecule has 1 amide bonds. The van der Waals surface area contributed by atoms with Crippen molar-refractivity contribution < 1.29 is 23.7 Å². The molecule has 4 rings (SSSR count). The van der Waals surface area contributed by atoms with E-state index in [9.17, 15) is 4.79 Å². The maximum atomic E-state index is 12.5. The quantitative estimate of drug-likeness (QED) is 0.507. The Morgan fingerprint density at radius 2 is 1.73 bits per heavy atom. The van der Waals surface area contributed by atoms with Crippen molar-refractivity contribution in [3.8, 4) is 5.75 Å². The molecule has 0 bridgehead atoms. The first-order valence-corrected chi connectivity index (χ1v) is 10.8. The van der Waals surface area contributed by atoms with E-state index >= 15 is 0 Å². The second-order valence-electron chi connectivity index (χ2n) is 8.06. The van der Waals surface area contributed by atoms with Gasteiger partial charge in [-0.2, -0.15) is 0 Å². The largest absolute Gasteiger partial charge is 0.488 e. The van der Waals surface area contributed by atoms with Gasteiger partial charge in [0.05, 0.1) is 6.04 Å². The summed E-state index contributed by atoms with van der Waals surface area (Å²) in [6.45, 7) is 8.36. The van der Waals surface area contributed by atoms with E-state index in [0.717, 1.165) is 61.8 Å². The van der Waals surface area contributed by atoms with Gasteiger partial charge in [-0.1, -0.05) is 36.4 Å². The minimum Gasteiger partial charge on any atom is -0.488 e. The van der Waals surface area contributed by atoms with Crippen molar-refractivity contribution in [1.29, 1.82) is 0 Å². The smallest absolute Gasteiger partial charge is 0.275 e. The number of amides is 1. The molecule has 0 radical (unpaired) electrons. The third-order valence-corrected chi connectivity index (χ3v) is 5.79. The molecule has 1 atom stereocenters. The number of piperazine rings is 1. The summed E-state index contributed by atoms with van der Waals surface area (Å²) in [5.41, 5.74) is 0.856. The number of ether oxygens (including phenoxy) is 1. The summed E-state index contributed by atoms with van der Waals surface area (Å²) >= 11 is 0. The highest BCUT2D eigenvalue weighted by molar-refractivity contribution is 5.79. The number of fused-ring (bicyclic) bond motifs is 1. The molecule has 6 nitrogen and oxygen atoms in total. The van der Waals surface area contributed by atoms with E-state index < -0.39 is 0 Å². The average molecular weight is 410 g/mol. The van der Waals surface area contributed by atoms with Gasteiger partial charge in [0.25, 0.3) is 5.91 Å². The maximum absolute atomic E-state index is 12.5. The van der Waals surface area contributed by atoms with Crippen LogP contribution in [0.5, 0.6) is 5.75 Å². The van der Waals surface area contributed by atoms with Crippen LogP contribution in [-0.2, 0) is 4.79 Å². The molecule has 0 saturated carbocycles. The summed E-state index contributed by atoms with van der Waals surface area (Å²) in [5.74, 6) is 1.80. The summed E-state index contributed by atoms with van der Waals surface area (Å²) in [4.78, 5) is 15.4. The van der Waals surface area contributed by atoms with Crippen molar-refractivity contribution in [3.05, 3.63) is 66.4 Å². The molecule has 1 fully saturated rings. The fourth-order valence-corrected chi connectivity index (χ4v) is 4.02. The van der Waals surface area contributed by atoms with Gasteiger partial charge >= 0.3 is 0 Å². The van der Waals surface area contributed by atoms with Gasteiger partial charge < -0.3 is 24.3 Å². The van der Waals surface area contributed by atoms with Gasteiger partial charge in [0, 0.05) is 5.39 Å². The molecule has 0 spiro atoms. The van der Waals surface area contributed by atoms with Crippen LogP contribution in [0.4, 0.5) is 0 Å². The first kappa shape index (κ1) is 20.4. The molecular weight excluding hydrogens is 378 g/mol. The first-order valence-electron chi connectivity index (χ1n) is 10.8. The third kappa shape index (κ3) is 5.40. The minimum absolute atomic E-state index is 0.0776. The van der Waals surface area contributed by atoms with Crippen LogP contribution in [-0.4, -0.2) is 51.8 Å². The lowest BCUT2D eigenvalue weighted by Gasteiger charge is -2.29. The molecule has 2 heterocycles. The number of hydrogen-bond acceptors (Lipinski definition) is 3. The van der Waals surface area contributed by atoms with Crippen molar-refractivity contribution in [2.45, 2.75) is 13.0 Å². The highest BCUT2D eigenvalue weighted by Gasteiger charge is 2.25. The van der Waals surface area contributed by atoms with Gasteiger partial charge in [-0.3, -0.25) is 4.79 Å². The fraction of sp³-hybridized carbons (Fsp3) is 0.375. The predicted molar refractivity (Wildman–Crippen MR) is 116 cm³/mol. The molecule has 1 saturated heterocycles. The summed E-state index contributed by atoms with van der Waals surface area (Å²) in [6, 6.07) is 19.7. The molecule has 0 aliphatic carbocycles. The lowest BCUT2D eigenvalue weighted by atomic mass is 10.2. The highest BCUT2D eigenvalue weighted by atomic mass is 16.5. The number of carbonyl (C=O) groups is 1. The zero-order valence-electron chi connectivity index (χ0n) is 17.5. The standard InChI is InChI=1S/C24H29N3O3/c1-19(23-17-20-7-5-6-10-22(20)30-23)25-24(28)18-27-13-11-26(12-14-27)15-16-29-21-8-3-2-4-9-21/h2-10,17,19H,11-16,18H2,1H3,(H,25,28)/p+2/t19-/m0/s1. The summed E-state index contributed by atoms with van der Waals surface area (Å²) in [7, 11) is 0. The van der Waals surface area contributed by atoms with Gasteiger partial charge in [0.2, 0.25) is 0 Å². The normalized spacial score (nSPS) is 20.0. The number of rotatable bonds is 8. The molecule has 30 heavy (non-hydrogen) atoms. The van der Waals surface area contributed by atoms with Crippen LogP contribution in [0.2, 0.25) is 0 Å². The molecule has 1 aliphatic heterocycles. The molecule has 2 aromatic carbocycles. The maximum Gasteiger partial charge on any atom is 0.275 e. The Bertz CT molecular complexity index is 915. The molecule has 1 aliphatic rings. The van der Waals surface area contributed by atoms with Crippen LogP contribution in [0.25, 0.3) is 11.0 Å². The van der Waals surface area contributed by atoms with Crippen molar-refractivity contribution in [2.24, 2.45) is 0 Å². The number of furan rings is 1. The molecular formula is C24H31N3O3+2. The Morgan fingerprint density at radius 3 is 2.50 bits per heavy atom. The second-order valence-corrected chi connectivity index (χ2v) is 8.06. The van der Waals surface area contributed by atoms with Crippen LogP contribution in [0.3, 0.4) is 0 Å². The van der Waals surface area contributed by atoms with Crippen LogP contribution in [0, 0.1) is 0 Å². The molecule has 1 aromatic heterocycles. The Morgan fingerprint density at radius 1 is 1.03 bits per heavy atom. The second kappa shape index (κ2) is 9.78. The molecule has 0 unspecified atom stereocenters. The van der Waals surface area contributed by atoms with Crippen molar-refractivity contribution in [1.82, 2.24) is 5.32 Å². The number of hydrogen-bond donors (Lipinski definition) is 3. The van der Waals surface area contributed by atoms with E-state index in [1.54, 1.807) is 4.90 Å². The van der Waals surface area contributed by atoms with Crippen LogP contribution < -0.4 is 19.9 Å².